The summed E-state index contributed by atoms with van der Waals surface area (Å²) >= 11 is 1.04. The highest BCUT2D eigenvalue weighted by Gasteiger charge is 2.38. The molecule has 2 amide bonds. The summed E-state index contributed by atoms with van der Waals surface area (Å²) in [5.41, 5.74) is 4.93. The van der Waals surface area contributed by atoms with Crippen LogP contribution in [0.4, 0.5) is 10.5 Å². The second-order valence-corrected chi connectivity index (χ2v) is 9.57. The molecule has 2 aliphatic heterocycles. The Kier molecular flexibility index (Phi) is 5.19. The smallest absolute Gasteiger partial charge is 0.293 e. The maximum Gasteiger partial charge on any atom is 0.293 e. The van der Waals surface area contributed by atoms with Crippen molar-refractivity contribution in [2.75, 3.05) is 11.4 Å². The number of fused-ring (bicyclic) bond motifs is 1. The van der Waals surface area contributed by atoms with Crippen molar-refractivity contribution in [3.8, 4) is 0 Å². The molecule has 0 bridgehead atoms. The Morgan fingerprint density at radius 3 is 2.52 bits per heavy atom. The van der Waals surface area contributed by atoms with Gasteiger partial charge in [-0.15, -0.1) is 0 Å². The molecule has 2 heterocycles. The van der Waals surface area contributed by atoms with Crippen molar-refractivity contribution in [1.29, 1.82) is 0 Å². The van der Waals surface area contributed by atoms with E-state index in [1.165, 1.54) is 16.2 Å². The molecule has 5 heteroatoms. The number of thioether (sulfide) groups is 1. The lowest BCUT2D eigenvalue weighted by Gasteiger charge is -2.47. The number of aryl methyl sites for hydroxylation is 1. The molecule has 2 aliphatic rings. The van der Waals surface area contributed by atoms with Gasteiger partial charge >= 0.3 is 0 Å². The average molecular weight is 387 g/mol. The van der Waals surface area contributed by atoms with Crippen molar-refractivity contribution in [2.24, 2.45) is 0 Å². The van der Waals surface area contributed by atoms with Crippen LogP contribution in [0.2, 0.25) is 0 Å². The van der Waals surface area contributed by atoms with E-state index >= 15 is 0 Å². The Bertz CT molecular complexity index is 826. The number of carbonyl (C=O) groups is 2. The molecule has 0 aromatic heterocycles. The van der Waals surface area contributed by atoms with Gasteiger partial charge < -0.3 is 4.90 Å². The van der Waals surface area contributed by atoms with Crippen molar-refractivity contribution < 1.29 is 9.59 Å². The van der Waals surface area contributed by atoms with E-state index in [-0.39, 0.29) is 22.7 Å². The quantitative estimate of drug-likeness (QED) is 0.639. The Balaban J connectivity index is 2.04. The predicted octanol–water partition coefficient (Wildman–Crippen LogP) is 5.55. The molecule has 1 atom stereocenters. The van der Waals surface area contributed by atoms with E-state index in [4.69, 9.17) is 0 Å². The van der Waals surface area contributed by atoms with Gasteiger partial charge in [-0.3, -0.25) is 14.5 Å². The lowest BCUT2D eigenvalue weighted by atomic mass is 9.79. The van der Waals surface area contributed by atoms with E-state index in [9.17, 15) is 9.59 Å². The van der Waals surface area contributed by atoms with Crippen LogP contribution in [0.25, 0.3) is 6.08 Å². The summed E-state index contributed by atoms with van der Waals surface area (Å²) in [6.45, 7) is 15.9. The second kappa shape index (κ2) is 7.01. The predicted molar refractivity (Wildman–Crippen MR) is 114 cm³/mol. The van der Waals surface area contributed by atoms with Gasteiger partial charge in [0.25, 0.3) is 11.1 Å². The van der Waals surface area contributed by atoms with E-state index in [0.29, 0.717) is 10.8 Å². The van der Waals surface area contributed by atoms with Gasteiger partial charge in [0.15, 0.2) is 0 Å². The van der Waals surface area contributed by atoms with Crippen molar-refractivity contribution in [2.45, 2.75) is 72.4 Å². The van der Waals surface area contributed by atoms with Crippen LogP contribution >= 0.6 is 11.8 Å². The fourth-order valence-corrected chi connectivity index (χ4v) is 5.42. The van der Waals surface area contributed by atoms with Crippen molar-refractivity contribution in [3.05, 3.63) is 33.7 Å². The number of hydrogen-bond acceptors (Lipinski definition) is 4. The van der Waals surface area contributed by atoms with Gasteiger partial charge in [-0.25, -0.2) is 0 Å². The third-order valence-electron chi connectivity index (χ3n) is 5.72. The summed E-state index contributed by atoms with van der Waals surface area (Å²) in [6, 6.07) is 4.35. The van der Waals surface area contributed by atoms with E-state index < -0.39 is 0 Å². The Morgan fingerprint density at radius 2 is 1.96 bits per heavy atom. The molecule has 27 heavy (non-hydrogen) atoms. The van der Waals surface area contributed by atoms with E-state index in [1.54, 1.807) is 0 Å². The number of carbonyl (C=O) groups excluding carboxylic acids is 2. The summed E-state index contributed by atoms with van der Waals surface area (Å²) in [7, 11) is 0. The molecule has 0 saturated carbocycles. The SMILES string of the molecule is CCN1c2cc(C)c(/C=C3\SC(=O)N(C(C)C)C3=O)cc2C(C)CC1(C)C. The number of hydrogen-bond donors (Lipinski definition) is 0. The third kappa shape index (κ3) is 3.42. The van der Waals surface area contributed by atoms with Crippen LogP contribution in [0.15, 0.2) is 17.0 Å². The standard InChI is InChI=1S/C22H30N2O2S/c1-8-23-18-9-14(4)16(10-17(18)15(5)12-22(23,6)7)11-19-20(25)24(13(2)3)21(26)27-19/h9-11,13,15H,8,12H2,1-7H3/b19-11-. The molecule has 146 valence electrons. The molecule has 1 unspecified atom stereocenters. The molecule has 3 rings (SSSR count). The van der Waals surface area contributed by atoms with Crippen LogP contribution in [0, 0.1) is 6.92 Å². The molecule has 1 fully saturated rings. The number of rotatable bonds is 3. The van der Waals surface area contributed by atoms with Gasteiger partial charge in [-0.05, 0) is 101 Å². The van der Waals surface area contributed by atoms with Gasteiger partial charge in [0.2, 0.25) is 0 Å². The normalized spacial score (nSPS) is 23.6. The van der Waals surface area contributed by atoms with Gasteiger partial charge in [0, 0.05) is 23.8 Å². The minimum absolute atomic E-state index is 0.117. The van der Waals surface area contributed by atoms with Crippen LogP contribution < -0.4 is 4.90 Å². The fourth-order valence-electron chi connectivity index (χ4n) is 4.47. The molecule has 0 N–H and O–H groups in total. The molecule has 1 saturated heterocycles. The molecule has 1 aromatic rings. The van der Waals surface area contributed by atoms with E-state index in [0.717, 1.165) is 35.9 Å². The molecule has 0 spiro atoms. The third-order valence-corrected chi connectivity index (χ3v) is 6.60. The number of anilines is 1. The highest BCUT2D eigenvalue weighted by Crippen LogP contribution is 2.45. The number of amides is 2. The molecule has 1 aromatic carbocycles. The van der Waals surface area contributed by atoms with Gasteiger partial charge in [-0.2, -0.15) is 0 Å². The zero-order valence-corrected chi connectivity index (χ0v) is 18.2. The van der Waals surface area contributed by atoms with Crippen LogP contribution in [-0.4, -0.2) is 34.2 Å². The maximum absolute atomic E-state index is 12.6. The van der Waals surface area contributed by atoms with E-state index in [2.05, 4.69) is 51.7 Å². The molecule has 0 aliphatic carbocycles. The number of benzene rings is 1. The summed E-state index contributed by atoms with van der Waals surface area (Å²) in [6.07, 6.45) is 2.99. The highest BCUT2D eigenvalue weighted by atomic mass is 32.2. The molecular weight excluding hydrogens is 356 g/mol. The monoisotopic (exact) mass is 386 g/mol. The van der Waals surface area contributed by atoms with Crippen molar-refractivity contribution in [1.82, 2.24) is 4.90 Å². The minimum atomic E-state index is -0.179. The largest absolute Gasteiger partial charge is 0.366 e. The summed E-state index contributed by atoms with van der Waals surface area (Å²) < 4.78 is 0. The van der Waals surface area contributed by atoms with Gasteiger partial charge in [0.1, 0.15) is 0 Å². The molecule has 4 nitrogen and oxygen atoms in total. The Labute approximate surface area is 167 Å². The highest BCUT2D eigenvalue weighted by molar-refractivity contribution is 8.18. The van der Waals surface area contributed by atoms with Gasteiger partial charge in [-0.1, -0.05) is 6.92 Å². The number of imide groups is 1. The topological polar surface area (TPSA) is 40.6 Å². The minimum Gasteiger partial charge on any atom is -0.366 e. The first-order valence-corrected chi connectivity index (χ1v) is 10.6. The molecule has 0 radical (unpaired) electrons. The average Bonchev–Trinajstić information content (AvgIpc) is 2.82. The summed E-state index contributed by atoms with van der Waals surface area (Å²) in [5, 5.41) is -0.177. The van der Waals surface area contributed by atoms with Crippen LogP contribution in [0.1, 0.15) is 70.6 Å². The van der Waals surface area contributed by atoms with Gasteiger partial charge in [0.05, 0.1) is 4.91 Å². The van der Waals surface area contributed by atoms with E-state index in [1.807, 2.05) is 19.9 Å². The van der Waals surface area contributed by atoms with Crippen molar-refractivity contribution in [3.63, 3.8) is 0 Å². The fraction of sp³-hybridized carbons (Fsp3) is 0.545. The zero-order chi connectivity index (χ0) is 20.1. The summed E-state index contributed by atoms with van der Waals surface area (Å²) in [4.78, 5) is 29.1. The first-order valence-electron chi connectivity index (χ1n) is 9.76. The first kappa shape index (κ1) is 20.0. The maximum atomic E-state index is 12.6. The molecular formula is C22H30N2O2S. The Hall–Kier alpha value is -1.75. The van der Waals surface area contributed by atoms with Crippen molar-refractivity contribution >= 4 is 34.7 Å². The van der Waals surface area contributed by atoms with Crippen LogP contribution in [0.3, 0.4) is 0 Å². The van der Waals surface area contributed by atoms with Crippen LogP contribution in [0.5, 0.6) is 0 Å². The second-order valence-electron chi connectivity index (χ2n) is 8.57. The number of nitrogens with zero attached hydrogens (tertiary/aromatic N) is 2. The lowest BCUT2D eigenvalue weighted by molar-refractivity contribution is -0.123. The Morgan fingerprint density at radius 1 is 1.30 bits per heavy atom. The lowest BCUT2D eigenvalue weighted by Crippen LogP contribution is -2.48. The van der Waals surface area contributed by atoms with Crippen LogP contribution in [-0.2, 0) is 4.79 Å². The zero-order valence-electron chi connectivity index (χ0n) is 17.4. The summed E-state index contributed by atoms with van der Waals surface area (Å²) in [5.74, 6) is 0.276. The first-order chi connectivity index (χ1) is 12.6.